The van der Waals surface area contributed by atoms with Crippen LogP contribution in [0.3, 0.4) is 0 Å². The Morgan fingerprint density at radius 1 is 0.964 bits per heavy atom. The van der Waals surface area contributed by atoms with E-state index < -0.39 is 10.0 Å². The van der Waals surface area contributed by atoms with E-state index in [0.29, 0.717) is 12.1 Å². The number of nitrogens with zero attached hydrogens (tertiary/aromatic N) is 1. The molecule has 0 bridgehead atoms. The summed E-state index contributed by atoms with van der Waals surface area (Å²) < 4.78 is 31.0. The van der Waals surface area contributed by atoms with Gasteiger partial charge in [0.05, 0.1) is 23.0 Å². The van der Waals surface area contributed by atoms with Crippen molar-refractivity contribution in [1.82, 2.24) is 9.97 Å². The molecule has 0 saturated carbocycles. The van der Waals surface area contributed by atoms with Gasteiger partial charge in [0.15, 0.2) is 0 Å². The molecule has 0 unspecified atom stereocenters. The van der Waals surface area contributed by atoms with Crippen molar-refractivity contribution in [1.29, 1.82) is 0 Å². The van der Waals surface area contributed by atoms with Crippen molar-refractivity contribution in [3.05, 3.63) is 84.2 Å². The molecule has 6 nitrogen and oxygen atoms in total. The van der Waals surface area contributed by atoms with E-state index in [0.717, 1.165) is 40.2 Å². The third kappa shape index (κ3) is 4.50. The Morgan fingerprint density at radius 3 is 2.39 bits per heavy atom. The zero-order valence-corrected chi connectivity index (χ0v) is 16.0. The maximum atomic E-state index is 11.4. The van der Waals surface area contributed by atoms with E-state index >= 15 is 0 Å². The Balaban J connectivity index is 1.48. The highest BCUT2D eigenvalue weighted by molar-refractivity contribution is 7.92. The SMILES string of the molecule is CS(=O)(=O)Nc1ccc2nc(Cc3ccc(Oc4ccccc4)cc3)[nH]c2c1. The Hall–Kier alpha value is -3.32. The number of hydrogen-bond donors (Lipinski definition) is 2. The molecule has 0 spiro atoms. The molecule has 1 aromatic heterocycles. The maximum Gasteiger partial charge on any atom is 0.229 e. The first-order valence-corrected chi connectivity index (χ1v) is 10.6. The fourth-order valence-corrected chi connectivity index (χ4v) is 3.47. The van der Waals surface area contributed by atoms with Crippen LogP contribution in [0, 0.1) is 0 Å². The van der Waals surface area contributed by atoms with Gasteiger partial charge in [0.1, 0.15) is 17.3 Å². The van der Waals surface area contributed by atoms with Crippen molar-refractivity contribution in [3.8, 4) is 11.5 Å². The van der Waals surface area contributed by atoms with Gasteiger partial charge in [-0.05, 0) is 48.0 Å². The summed E-state index contributed by atoms with van der Waals surface area (Å²) in [6.45, 7) is 0. The second kappa shape index (κ2) is 7.36. The minimum Gasteiger partial charge on any atom is -0.457 e. The molecule has 0 aliphatic rings. The molecule has 142 valence electrons. The third-order valence-corrected chi connectivity index (χ3v) is 4.71. The molecule has 0 amide bonds. The van der Waals surface area contributed by atoms with Crippen LogP contribution in [0.5, 0.6) is 11.5 Å². The van der Waals surface area contributed by atoms with Gasteiger partial charge in [0, 0.05) is 6.42 Å². The van der Waals surface area contributed by atoms with Crippen molar-refractivity contribution in [2.75, 3.05) is 11.0 Å². The molecule has 4 rings (SSSR count). The second-order valence-electron chi connectivity index (χ2n) is 6.53. The van der Waals surface area contributed by atoms with Crippen LogP contribution in [0.15, 0.2) is 72.8 Å². The minimum atomic E-state index is -3.31. The van der Waals surface area contributed by atoms with Gasteiger partial charge in [-0.15, -0.1) is 0 Å². The van der Waals surface area contributed by atoms with E-state index in [4.69, 9.17) is 4.74 Å². The molecule has 0 atom stereocenters. The van der Waals surface area contributed by atoms with Crippen LogP contribution < -0.4 is 9.46 Å². The third-order valence-electron chi connectivity index (χ3n) is 4.11. The van der Waals surface area contributed by atoms with E-state index in [1.807, 2.05) is 54.6 Å². The highest BCUT2D eigenvalue weighted by Gasteiger charge is 2.07. The quantitative estimate of drug-likeness (QED) is 0.511. The van der Waals surface area contributed by atoms with Crippen LogP contribution in [0.25, 0.3) is 11.0 Å². The van der Waals surface area contributed by atoms with Crippen molar-refractivity contribution < 1.29 is 13.2 Å². The summed E-state index contributed by atoms with van der Waals surface area (Å²) in [6.07, 6.45) is 1.76. The molecule has 28 heavy (non-hydrogen) atoms. The van der Waals surface area contributed by atoms with Crippen LogP contribution in [0.1, 0.15) is 11.4 Å². The van der Waals surface area contributed by atoms with Gasteiger partial charge in [-0.1, -0.05) is 30.3 Å². The summed E-state index contributed by atoms with van der Waals surface area (Å²) in [5, 5.41) is 0. The molecule has 7 heteroatoms. The number of rotatable bonds is 6. The number of fused-ring (bicyclic) bond motifs is 1. The van der Waals surface area contributed by atoms with E-state index in [-0.39, 0.29) is 0 Å². The number of hydrogen-bond acceptors (Lipinski definition) is 4. The lowest BCUT2D eigenvalue weighted by Crippen LogP contribution is -2.09. The van der Waals surface area contributed by atoms with Gasteiger partial charge in [0.2, 0.25) is 10.0 Å². The molecule has 0 aliphatic carbocycles. The molecule has 3 aromatic carbocycles. The maximum absolute atomic E-state index is 11.4. The number of ether oxygens (including phenoxy) is 1. The van der Waals surface area contributed by atoms with Crippen molar-refractivity contribution in [2.45, 2.75) is 6.42 Å². The lowest BCUT2D eigenvalue weighted by atomic mass is 10.1. The summed E-state index contributed by atoms with van der Waals surface area (Å²) in [7, 11) is -3.31. The van der Waals surface area contributed by atoms with E-state index in [1.165, 1.54) is 0 Å². The van der Waals surface area contributed by atoms with Crippen molar-refractivity contribution in [2.24, 2.45) is 0 Å². The molecular weight excluding hydrogens is 374 g/mol. The van der Waals surface area contributed by atoms with Crippen molar-refractivity contribution >= 4 is 26.7 Å². The molecule has 0 aliphatic heterocycles. The number of sulfonamides is 1. The van der Waals surface area contributed by atoms with Crippen LogP contribution >= 0.6 is 0 Å². The topological polar surface area (TPSA) is 84.1 Å². The Kier molecular flexibility index (Phi) is 4.75. The lowest BCUT2D eigenvalue weighted by Gasteiger charge is -2.06. The van der Waals surface area contributed by atoms with Gasteiger partial charge in [-0.2, -0.15) is 0 Å². The van der Waals surface area contributed by atoms with Crippen LogP contribution in [0.2, 0.25) is 0 Å². The Bertz CT molecular complexity index is 1200. The fourth-order valence-electron chi connectivity index (χ4n) is 2.92. The molecular formula is C21H19N3O3S. The van der Waals surface area contributed by atoms with Gasteiger partial charge in [0.25, 0.3) is 0 Å². The summed E-state index contributed by atoms with van der Waals surface area (Å²) in [4.78, 5) is 7.82. The van der Waals surface area contributed by atoms with Crippen molar-refractivity contribution in [3.63, 3.8) is 0 Å². The molecule has 2 N–H and O–H groups in total. The van der Waals surface area contributed by atoms with E-state index in [1.54, 1.807) is 18.2 Å². The zero-order chi connectivity index (χ0) is 19.6. The highest BCUT2D eigenvalue weighted by atomic mass is 32.2. The number of nitrogens with one attached hydrogen (secondary N) is 2. The lowest BCUT2D eigenvalue weighted by molar-refractivity contribution is 0.482. The zero-order valence-electron chi connectivity index (χ0n) is 15.2. The van der Waals surface area contributed by atoms with Crippen LogP contribution in [-0.4, -0.2) is 24.6 Å². The Labute approximate surface area is 163 Å². The monoisotopic (exact) mass is 393 g/mol. The average Bonchev–Trinajstić information content (AvgIpc) is 3.04. The number of aromatic amines is 1. The summed E-state index contributed by atoms with van der Waals surface area (Å²) in [5.41, 5.74) is 3.17. The number of anilines is 1. The molecule has 0 saturated heterocycles. The largest absolute Gasteiger partial charge is 0.457 e. The highest BCUT2D eigenvalue weighted by Crippen LogP contribution is 2.23. The summed E-state index contributed by atoms with van der Waals surface area (Å²) in [6, 6.07) is 22.7. The molecule has 0 radical (unpaired) electrons. The number of H-pyrrole nitrogens is 1. The van der Waals surface area contributed by atoms with Gasteiger partial charge in [-0.3, -0.25) is 4.72 Å². The Morgan fingerprint density at radius 2 is 1.68 bits per heavy atom. The van der Waals surface area contributed by atoms with Crippen LogP contribution in [0.4, 0.5) is 5.69 Å². The first-order chi connectivity index (χ1) is 13.4. The summed E-state index contributed by atoms with van der Waals surface area (Å²) in [5.74, 6) is 2.38. The standard InChI is InChI=1S/C21H19N3O3S/c1-28(25,26)24-16-9-12-19-20(14-16)23-21(22-19)13-15-7-10-18(11-8-15)27-17-5-3-2-4-6-17/h2-12,14,24H,13H2,1H3,(H,22,23). The van der Waals surface area contributed by atoms with E-state index in [2.05, 4.69) is 14.7 Å². The van der Waals surface area contributed by atoms with Gasteiger partial charge in [-0.25, -0.2) is 13.4 Å². The number of benzene rings is 3. The molecule has 4 aromatic rings. The van der Waals surface area contributed by atoms with Crippen LogP contribution in [-0.2, 0) is 16.4 Å². The predicted octanol–water partition coefficient (Wildman–Crippen LogP) is 4.32. The first-order valence-electron chi connectivity index (χ1n) is 8.73. The fraction of sp³-hybridized carbons (Fsp3) is 0.0952. The second-order valence-corrected chi connectivity index (χ2v) is 8.27. The minimum absolute atomic E-state index is 0.507. The average molecular weight is 393 g/mol. The number of para-hydroxylation sites is 1. The smallest absolute Gasteiger partial charge is 0.229 e. The summed E-state index contributed by atoms with van der Waals surface area (Å²) >= 11 is 0. The van der Waals surface area contributed by atoms with Gasteiger partial charge >= 0.3 is 0 Å². The van der Waals surface area contributed by atoms with Gasteiger partial charge < -0.3 is 9.72 Å². The molecule has 1 heterocycles. The number of imidazole rings is 1. The normalized spacial score (nSPS) is 11.5. The van der Waals surface area contributed by atoms with E-state index in [9.17, 15) is 8.42 Å². The first kappa shape index (κ1) is 18.1. The predicted molar refractivity (Wildman–Crippen MR) is 110 cm³/mol. The molecule has 0 fully saturated rings. The number of aromatic nitrogens is 2.